The van der Waals surface area contributed by atoms with Crippen molar-refractivity contribution in [2.45, 2.75) is 58.3 Å². The molecule has 17 heavy (non-hydrogen) atoms. The van der Waals surface area contributed by atoms with E-state index in [4.69, 9.17) is 4.74 Å². The molecule has 0 saturated carbocycles. The monoisotopic (exact) mass is 236 g/mol. The molecule has 0 aliphatic carbocycles. The van der Waals surface area contributed by atoms with Gasteiger partial charge in [0.2, 0.25) is 0 Å². The third-order valence-electron chi connectivity index (χ3n) is 3.35. The second-order valence-electron chi connectivity index (χ2n) is 5.95. The second kappa shape index (κ2) is 3.67. The Kier molecular flexibility index (Phi) is 2.65. The number of rotatable bonds is 2. The summed E-state index contributed by atoms with van der Waals surface area (Å²) in [5.41, 5.74) is 0.255. The molecular weight excluding hydrogens is 216 g/mol. The van der Waals surface area contributed by atoms with Gasteiger partial charge in [-0.05, 0) is 34.6 Å². The predicted molar refractivity (Wildman–Crippen MR) is 65.1 cm³/mol. The number of hydrogen-bond donors (Lipinski definition) is 0. The first-order valence-corrected chi connectivity index (χ1v) is 5.96. The topological polar surface area (TPSA) is 44.1 Å². The number of Topliss-reactive ketones (excluding diaryl/α,β-unsaturated/α-hetero) is 1. The molecule has 94 valence electrons. The Balaban J connectivity index is 2.30. The minimum atomic E-state index is -0.260. The first kappa shape index (κ1) is 12.3. The van der Waals surface area contributed by atoms with E-state index in [9.17, 15) is 4.79 Å². The van der Waals surface area contributed by atoms with E-state index < -0.39 is 0 Å². The van der Waals surface area contributed by atoms with Gasteiger partial charge in [-0.25, -0.2) is 0 Å². The lowest BCUT2D eigenvalue weighted by molar-refractivity contribution is -0.0737. The number of carbonyl (C=O) groups is 1. The van der Waals surface area contributed by atoms with Gasteiger partial charge in [-0.2, -0.15) is 5.10 Å². The Morgan fingerprint density at radius 3 is 2.53 bits per heavy atom. The van der Waals surface area contributed by atoms with Crippen molar-refractivity contribution in [2.75, 3.05) is 0 Å². The number of aromatic nitrogens is 2. The molecular formula is C13H20N2O2. The number of ether oxygens (including phenoxy) is 1. The fourth-order valence-electron chi connectivity index (χ4n) is 2.64. The van der Waals surface area contributed by atoms with Gasteiger partial charge in [-0.15, -0.1) is 0 Å². The lowest BCUT2D eigenvalue weighted by Gasteiger charge is -2.27. The van der Waals surface area contributed by atoms with Crippen molar-refractivity contribution in [2.24, 2.45) is 0 Å². The molecule has 1 aromatic heterocycles. The lowest BCUT2D eigenvalue weighted by atomic mass is 9.95. The van der Waals surface area contributed by atoms with Crippen LogP contribution in [-0.4, -0.2) is 26.8 Å². The highest BCUT2D eigenvalue weighted by Crippen LogP contribution is 2.44. The summed E-state index contributed by atoms with van der Waals surface area (Å²) in [6.07, 6.45) is 4.35. The minimum absolute atomic E-state index is 0.0484. The van der Waals surface area contributed by atoms with Gasteiger partial charge in [0.15, 0.2) is 5.78 Å². The number of carbonyl (C=O) groups excluding carboxylic acids is 1. The number of ketones is 1. The largest absolute Gasteiger partial charge is 0.367 e. The van der Waals surface area contributed by atoms with Gasteiger partial charge in [-0.3, -0.25) is 9.48 Å². The molecule has 1 aliphatic heterocycles. The minimum Gasteiger partial charge on any atom is -0.367 e. The molecule has 2 heterocycles. The van der Waals surface area contributed by atoms with Crippen LogP contribution < -0.4 is 0 Å². The quantitative estimate of drug-likeness (QED) is 0.741. The van der Waals surface area contributed by atoms with Crippen molar-refractivity contribution in [1.29, 1.82) is 0 Å². The van der Waals surface area contributed by atoms with Gasteiger partial charge in [0.05, 0.1) is 29.0 Å². The maximum Gasteiger partial charge on any atom is 0.162 e. The highest BCUT2D eigenvalue weighted by molar-refractivity contribution is 5.93. The SMILES string of the molecule is CC(=O)c1cnn(C2CC(C)(C)OC2(C)C)c1. The van der Waals surface area contributed by atoms with E-state index in [2.05, 4.69) is 32.8 Å². The molecule has 0 spiro atoms. The average Bonchev–Trinajstić information content (AvgIpc) is 2.67. The highest BCUT2D eigenvalue weighted by Gasteiger charge is 2.47. The van der Waals surface area contributed by atoms with Crippen LogP contribution in [0.5, 0.6) is 0 Å². The summed E-state index contributed by atoms with van der Waals surface area (Å²) in [5.74, 6) is 0.0484. The molecule has 2 rings (SSSR count). The summed E-state index contributed by atoms with van der Waals surface area (Å²) in [5, 5.41) is 4.30. The molecule has 0 N–H and O–H groups in total. The highest BCUT2D eigenvalue weighted by atomic mass is 16.5. The number of nitrogens with zero attached hydrogens (tertiary/aromatic N) is 2. The first-order chi connectivity index (χ1) is 7.71. The zero-order valence-corrected chi connectivity index (χ0v) is 11.2. The van der Waals surface area contributed by atoms with Crippen molar-refractivity contribution >= 4 is 5.78 Å². The zero-order valence-electron chi connectivity index (χ0n) is 11.2. The smallest absolute Gasteiger partial charge is 0.162 e. The standard InChI is InChI=1S/C13H20N2O2/c1-9(16)10-7-14-15(8-10)11-6-12(2,3)17-13(11,4)5/h7-8,11H,6H2,1-5H3. The van der Waals surface area contributed by atoms with Gasteiger partial charge in [-0.1, -0.05) is 0 Å². The summed E-state index contributed by atoms with van der Waals surface area (Å²) in [6, 6.07) is 0.172. The van der Waals surface area contributed by atoms with Crippen LogP contribution in [0.1, 0.15) is 57.4 Å². The summed E-state index contributed by atoms with van der Waals surface area (Å²) < 4.78 is 7.89. The summed E-state index contributed by atoms with van der Waals surface area (Å²) >= 11 is 0. The van der Waals surface area contributed by atoms with Crippen LogP contribution in [0.4, 0.5) is 0 Å². The van der Waals surface area contributed by atoms with E-state index in [1.807, 2.05) is 10.9 Å². The molecule has 0 bridgehead atoms. The van der Waals surface area contributed by atoms with Gasteiger partial charge in [0.1, 0.15) is 0 Å². The van der Waals surface area contributed by atoms with Gasteiger partial charge in [0, 0.05) is 12.6 Å². The maximum absolute atomic E-state index is 11.3. The predicted octanol–water partition coefficient (Wildman–Crippen LogP) is 2.60. The van der Waals surface area contributed by atoms with E-state index in [0.717, 1.165) is 6.42 Å². The van der Waals surface area contributed by atoms with E-state index >= 15 is 0 Å². The van der Waals surface area contributed by atoms with Crippen LogP contribution in [0, 0.1) is 0 Å². The summed E-state index contributed by atoms with van der Waals surface area (Å²) in [4.78, 5) is 11.3. The Bertz CT molecular complexity index is 446. The molecule has 1 aromatic rings. The van der Waals surface area contributed by atoms with Gasteiger partial charge < -0.3 is 4.74 Å². The van der Waals surface area contributed by atoms with Crippen LogP contribution in [0.2, 0.25) is 0 Å². The fourth-order valence-corrected chi connectivity index (χ4v) is 2.64. The van der Waals surface area contributed by atoms with Crippen LogP contribution >= 0.6 is 0 Å². The molecule has 4 heteroatoms. The molecule has 0 aromatic carbocycles. The van der Waals surface area contributed by atoms with E-state index in [1.165, 1.54) is 0 Å². The third kappa shape index (κ3) is 2.27. The molecule has 1 atom stereocenters. The molecule has 1 fully saturated rings. The Hall–Kier alpha value is -1.16. The van der Waals surface area contributed by atoms with Crippen molar-refractivity contribution in [1.82, 2.24) is 9.78 Å². The van der Waals surface area contributed by atoms with Crippen LogP contribution in [-0.2, 0) is 4.74 Å². The van der Waals surface area contributed by atoms with Crippen LogP contribution in [0.3, 0.4) is 0 Å². The van der Waals surface area contributed by atoms with E-state index in [1.54, 1.807) is 13.1 Å². The molecule has 0 amide bonds. The lowest BCUT2D eigenvalue weighted by Crippen LogP contribution is -2.31. The van der Waals surface area contributed by atoms with Crippen LogP contribution in [0.15, 0.2) is 12.4 Å². The normalized spacial score (nSPS) is 26.1. The summed E-state index contributed by atoms with van der Waals surface area (Å²) in [6.45, 7) is 9.87. The van der Waals surface area contributed by atoms with E-state index in [-0.39, 0.29) is 23.0 Å². The second-order valence-corrected chi connectivity index (χ2v) is 5.95. The Morgan fingerprint density at radius 1 is 1.47 bits per heavy atom. The van der Waals surface area contributed by atoms with Crippen molar-refractivity contribution in [3.05, 3.63) is 18.0 Å². The molecule has 4 nitrogen and oxygen atoms in total. The van der Waals surface area contributed by atoms with Crippen LogP contribution in [0.25, 0.3) is 0 Å². The van der Waals surface area contributed by atoms with E-state index in [0.29, 0.717) is 5.56 Å². The fraction of sp³-hybridized carbons (Fsp3) is 0.692. The van der Waals surface area contributed by atoms with Gasteiger partial charge in [0.25, 0.3) is 0 Å². The average molecular weight is 236 g/mol. The first-order valence-electron chi connectivity index (χ1n) is 5.96. The number of hydrogen-bond acceptors (Lipinski definition) is 3. The van der Waals surface area contributed by atoms with Crippen molar-refractivity contribution < 1.29 is 9.53 Å². The van der Waals surface area contributed by atoms with Gasteiger partial charge >= 0.3 is 0 Å². The molecule has 1 aliphatic rings. The Labute approximate surface area is 102 Å². The molecule has 1 saturated heterocycles. The third-order valence-corrected chi connectivity index (χ3v) is 3.35. The zero-order chi connectivity index (χ0) is 12.8. The maximum atomic E-state index is 11.3. The van der Waals surface area contributed by atoms with Crippen molar-refractivity contribution in [3.8, 4) is 0 Å². The van der Waals surface area contributed by atoms with Crippen molar-refractivity contribution in [3.63, 3.8) is 0 Å². The molecule has 0 radical (unpaired) electrons. The summed E-state index contributed by atoms with van der Waals surface area (Å²) in [7, 11) is 0. The Morgan fingerprint density at radius 2 is 2.12 bits per heavy atom. The molecule has 1 unspecified atom stereocenters.